The van der Waals surface area contributed by atoms with Crippen molar-refractivity contribution in [2.45, 2.75) is 38.7 Å². The average Bonchev–Trinajstić information content (AvgIpc) is 2.45. The second-order valence-electron chi connectivity index (χ2n) is 5.25. The zero-order chi connectivity index (χ0) is 13.7. The molecule has 1 aromatic rings. The second-order valence-corrected chi connectivity index (χ2v) is 6.17. The Morgan fingerprint density at radius 2 is 2.05 bits per heavy atom. The first-order valence-corrected chi connectivity index (χ1v) is 7.57. The Balaban J connectivity index is 1.96. The molecule has 0 aromatic heterocycles. The van der Waals surface area contributed by atoms with Gasteiger partial charge in [0.15, 0.2) is 0 Å². The van der Waals surface area contributed by atoms with Crippen LogP contribution in [0.15, 0.2) is 28.7 Å². The SMILES string of the molecule is NCC1(C(=O)OCc2cccc(Br)c2)CCCCC1. The zero-order valence-electron chi connectivity index (χ0n) is 11.0. The molecule has 1 aliphatic carbocycles. The van der Waals surface area contributed by atoms with Gasteiger partial charge >= 0.3 is 5.97 Å². The van der Waals surface area contributed by atoms with E-state index in [1.165, 1.54) is 6.42 Å². The van der Waals surface area contributed by atoms with Crippen molar-refractivity contribution in [3.63, 3.8) is 0 Å². The van der Waals surface area contributed by atoms with Crippen LogP contribution in [-0.2, 0) is 16.1 Å². The summed E-state index contributed by atoms with van der Waals surface area (Å²) in [7, 11) is 0. The highest BCUT2D eigenvalue weighted by molar-refractivity contribution is 9.10. The van der Waals surface area contributed by atoms with Crippen molar-refractivity contribution in [2.24, 2.45) is 11.1 Å². The fourth-order valence-electron chi connectivity index (χ4n) is 2.65. The molecule has 2 rings (SSSR count). The van der Waals surface area contributed by atoms with E-state index in [1.54, 1.807) is 0 Å². The second kappa shape index (κ2) is 6.53. The summed E-state index contributed by atoms with van der Waals surface area (Å²) in [6.07, 6.45) is 5.06. The molecule has 1 aromatic carbocycles. The van der Waals surface area contributed by atoms with Gasteiger partial charge in [-0.25, -0.2) is 0 Å². The Bertz CT molecular complexity index is 442. The summed E-state index contributed by atoms with van der Waals surface area (Å²) in [5, 5.41) is 0. The maximum absolute atomic E-state index is 12.3. The molecule has 19 heavy (non-hydrogen) atoms. The van der Waals surface area contributed by atoms with Gasteiger partial charge in [0.05, 0.1) is 5.41 Å². The van der Waals surface area contributed by atoms with Crippen LogP contribution in [-0.4, -0.2) is 12.5 Å². The number of esters is 1. The minimum Gasteiger partial charge on any atom is -0.460 e. The van der Waals surface area contributed by atoms with Crippen molar-refractivity contribution in [1.82, 2.24) is 0 Å². The minimum atomic E-state index is -0.440. The van der Waals surface area contributed by atoms with E-state index < -0.39 is 5.41 Å². The predicted molar refractivity (Wildman–Crippen MR) is 78.5 cm³/mol. The smallest absolute Gasteiger partial charge is 0.313 e. The molecule has 1 saturated carbocycles. The van der Waals surface area contributed by atoms with E-state index in [2.05, 4.69) is 15.9 Å². The lowest BCUT2D eigenvalue weighted by molar-refractivity contribution is -0.158. The Labute approximate surface area is 122 Å². The van der Waals surface area contributed by atoms with Crippen LogP contribution >= 0.6 is 15.9 Å². The van der Waals surface area contributed by atoms with Crippen LogP contribution in [0.25, 0.3) is 0 Å². The van der Waals surface area contributed by atoms with Gasteiger partial charge in [-0.3, -0.25) is 4.79 Å². The number of ether oxygens (including phenoxy) is 1. The van der Waals surface area contributed by atoms with E-state index >= 15 is 0 Å². The van der Waals surface area contributed by atoms with Gasteiger partial charge < -0.3 is 10.5 Å². The third kappa shape index (κ3) is 3.57. The highest BCUT2D eigenvalue weighted by Gasteiger charge is 2.39. The molecule has 0 spiro atoms. The number of hydrogen-bond donors (Lipinski definition) is 1. The third-order valence-electron chi connectivity index (χ3n) is 3.89. The average molecular weight is 326 g/mol. The van der Waals surface area contributed by atoms with Crippen LogP contribution in [0.1, 0.15) is 37.7 Å². The first kappa shape index (κ1) is 14.5. The van der Waals surface area contributed by atoms with Crippen molar-refractivity contribution < 1.29 is 9.53 Å². The van der Waals surface area contributed by atoms with Crippen molar-refractivity contribution >= 4 is 21.9 Å². The van der Waals surface area contributed by atoms with E-state index in [4.69, 9.17) is 10.5 Å². The van der Waals surface area contributed by atoms with Gasteiger partial charge in [0.25, 0.3) is 0 Å². The standard InChI is InChI=1S/C15H20BrNO2/c16-13-6-4-5-12(9-13)10-19-14(18)15(11-17)7-2-1-3-8-15/h4-6,9H,1-3,7-8,10-11,17H2. The molecule has 0 saturated heterocycles. The molecule has 104 valence electrons. The maximum Gasteiger partial charge on any atom is 0.313 e. The normalized spacial score (nSPS) is 18.0. The molecule has 0 unspecified atom stereocenters. The van der Waals surface area contributed by atoms with Crippen LogP contribution in [0.5, 0.6) is 0 Å². The van der Waals surface area contributed by atoms with E-state index in [1.807, 2.05) is 24.3 Å². The molecule has 0 amide bonds. The number of benzene rings is 1. The lowest BCUT2D eigenvalue weighted by atomic mass is 9.74. The molecule has 0 bridgehead atoms. The van der Waals surface area contributed by atoms with Crippen LogP contribution in [0.2, 0.25) is 0 Å². The van der Waals surface area contributed by atoms with Crippen LogP contribution in [0.4, 0.5) is 0 Å². The van der Waals surface area contributed by atoms with Gasteiger partial charge in [-0.15, -0.1) is 0 Å². The maximum atomic E-state index is 12.3. The first-order chi connectivity index (χ1) is 9.16. The largest absolute Gasteiger partial charge is 0.460 e. The lowest BCUT2D eigenvalue weighted by Crippen LogP contribution is -2.41. The number of halogens is 1. The number of hydrogen-bond acceptors (Lipinski definition) is 3. The van der Waals surface area contributed by atoms with E-state index in [0.717, 1.165) is 35.7 Å². The molecule has 0 radical (unpaired) electrons. The van der Waals surface area contributed by atoms with Crippen LogP contribution in [0, 0.1) is 5.41 Å². The molecular weight excluding hydrogens is 306 g/mol. The fraction of sp³-hybridized carbons (Fsp3) is 0.533. The lowest BCUT2D eigenvalue weighted by Gasteiger charge is -2.33. The summed E-state index contributed by atoms with van der Waals surface area (Å²) >= 11 is 3.41. The Kier molecular flexibility index (Phi) is 4.99. The van der Waals surface area contributed by atoms with Gasteiger partial charge in [-0.2, -0.15) is 0 Å². The van der Waals surface area contributed by atoms with Gasteiger partial charge in [-0.1, -0.05) is 47.3 Å². The molecule has 0 aliphatic heterocycles. The Morgan fingerprint density at radius 1 is 1.32 bits per heavy atom. The molecule has 2 N–H and O–H groups in total. The first-order valence-electron chi connectivity index (χ1n) is 6.78. The molecule has 1 aliphatic rings. The van der Waals surface area contributed by atoms with Crippen molar-refractivity contribution in [3.05, 3.63) is 34.3 Å². The van der Waals surface area contributed by atoms with Gasteiger partial charge in [0.1, 0.15) is 6.61 Å². The highest BCUT2D eigenvalue weighted by atomic mass is 79.9. The molecule has 4 heteroatoms. The summed E-state index contributed by atoms with van der Waals surface area (Å²) < 4.78 is 6.47. The van der Waals surface area contributed by atoms with Crippen molar-refractivity contribution in [2.75, 3.05) is 6.54 Å². The van der Waals surface area contributed by atoms with Crippen LogP contribution in [0.3, 0.4) is 0 Å². The van der Waals surface area contributed by atoms with Gasteiger partial charge in [-0.05, 0) is 30.5 Å². The zero-order valence-corrected chi connectivity index (χ0v) is 12.6. The third-order valence-corrected chi connectivity index (χ3v) is 4.39. The number of rotatable bonds is 4. The topological polar surface area (TPSA) is 52.3 Å². The molecule has 3 nitrogen and oxygen atoms in total. The summed E-state index contributed by atoms with van der Waals surface area (Å²) in [5.74, 6) is -0.130. The fourth-order valence-corrected chi connectivity index (χ4v) is 3.10. The quantitative estimate of drug-likeness (QED) is 0.863. The Morgan fingerprint density at radius 3 is 2.68 bits per heavy atom. The summed E-state index contributed by atoms with van der Waals surface area (Å²) in [6, 6.07) is 7.80. The van der Waals surface area contributed by atoms with Crippen molar-refractivity contribution in [1.29, 1.82) is 0 Å². The van der Waals surface area contributed by atoms with Gasteiger partial charge in [0, 0.05) is 11.0 Å². The number of nitrogens with two attached hydrogens (primary N) is 1. The predicted octanol–water partition coefficient (Wildman–Crippen LogP) is 3.40. The summed E-state index contributed by atoms with van der Waals surface area (Å²) in [4.78, 5) is 12.3. The number of carbonyl (C=O) groups is 1. The van der Waals surface area contributed by atoms with E-state index in [0.29, 0.717) is 13.2 Å². The summed E-state index contributed by atoms with van der Waals surface area (Å²) in [6.45, 7) is 0.713. The van der Waals surface area contributed by atoms with E-state index in [-0.39, 0.29) is 5.97 Å². The Hall–Kier alpha value is -0.870. The van der Waals surface area contributed by atoms with Gasteiger partial charge in [0.2, 0.25) is 0 Å². The monoisotopic (exact) mass is 325 g/mol. The van der Waals surface area contributed by atoms with Crippen molar-refractivity contribution in [3.8, 4) is 0 Å². The molecule has 1 fully saturated rings. The highest BCUT2D eigenvalue weighted by Crippen LogP contribution is 2.36. The van der Waals surface area contributed by atoms with Crippen LogP contribution < -0.4 is 5.73 Å². The van der Waals surface area contributed by atoms with E-state index in [9.17, 15) is 4.79 Å². The number of carbonyl (C=O) groups excluding carboxylic acids is 1. The minimum absolute atomic E-state index is 0.130. The molecule has 0 atom stereocenters. The summed E-state index contributed by atoms with van der Waals surface area (Å²) in [5.41, 5.74) is 6.38. The molecule has 0 heterocycles. The molecular formula is C15H20BrNO2.